The first kappa shape index (κ1) is 24.0. The number of hydrogen-bond donors (Lipinski definition) is 1. The van der Waals surface area contributed by atoms with E-state index in [0.29, 0.717) is 0 Å². The fraction of sp³-hybridized carbons (Fsp3) is 0.296. The van der Waals surface area contributed by atoms with Crippen molar-refractivity contribution in [1.82, 2.24) is 14.6 Å². The number of hydrogen-bond acceptors (Lipinski definition) is 5. The van der Waals surface area contributed by atoms with E-state index in [4.69, 9.17) is 9.78 Å². The minimum Gasteiger partial charge on any atom is -0.372 e. The van der Waals surface area contributed by atoms with Crippen molar-refractivity contribution in [1.29, 1.82) is 0 Å². The predicted molar refractivity (Wildman–Crippen MR) is 140 cm³/mol. The van der Waals surface area contributed by atoms with Gasteiger partial charge in [0.05, 0.1) is 6.20 Å². The topological polar surface area (TPSA) is 62.5 Å². The first-order valence-electron chi connectivity index (χ1n) is 11.1. The van der Waals surface area contributed by atoms with Crippen LogP contribution < -0.4 is 10.2 Å². The average molecular weight is 446 g/mol. The molecule has 0 atom stereocenters. The fourth-order valence-electron chi connectivity index (χ4n) is 4.01. The molecule has 1 fully saturated rings. The quantitative estimate of drug-likeness (QED) is 0.362. The van der Waals surface area contributed by atoms with Gasteiger partial charge < -0.3 is 15.0 Å². The van der Waals surface area contributed by atoms with Gasteiger partial charge in [0.25, 0.3) is 0 Å². The molecule has 6 heteroatoms. The number of carbonyl (C=O) groups is 1. The number of nitrogens with zero attached hydrogens (tertiary/aromatic N) is 4. The summed E-state index contributed by atoms with van der Waals surface area (Å²) in [6.07, 6.45) is 8.51. The van der Waals surface area contributed by atoms with Gasteiger partial charge in [-0.15, -0.1) is 0 Å². The molecule has 0 aliphatic carbocycles. The summed E-state index contributed by atoms with van der Waals surface area (Å²) in [5.41, 5.74) is 6.60. The molecule has 0 bridgehead atoms. The Bertz CT molecular complexity index is 1180. The van der Waals surface area contributed by atoms with Crippen molar-refractivity contribution >= 4 is 29.1 Å². The second-order valence-corrected chi connectivity index (χ2v) is 7.96. The maximum absolute atomic E-state index is 8.81. The maximum Gasteiger partial charge on any atom is 0.165 e. The third kappa shape index (κ3) is 5.77. The van der Waals surface area contributed by atoms with Crippen LogP contribution in [0.15, 0.2) is 67.0 Å². The monoisotopic (exact) mass is 445 g/mol. The molecule has 2 aromatic heterocycles. The van der Waals surface area contributed by atoms with Gasteiger partial charge in [-0.25, -0.2) is 9.50 Å². The van der Waals surface area contributed by atoms with Crippen LogP contribution in [0.1, 0.15) is 40.6 Å². The maximum atomic E-state index is 8.81. The molecule has 174 valence electrons. The second kappa shape index (κ2) is 11.3. The van der Waals surface area contributed by atoms with E-state index >= 15 is 0 Å². The Labute approximate surface area is 197 Å². The number of benzene rings is 2. The van der Waals surface area contributed by atoms with E-state index in [1.807, 2.05) is 23.0 Å². The molecule has 1 aliphatic heterocycles. The zero-order valence-electron chi connectivity index (χ0n) is 18.7. The van der Waals surface area contributed by atoms with Crippen molar-refractivity contribution in [3.63, 3.8) is 0 Å². The van der Waals surface area contributed by atoms with Crippen LogP contribution in [0.25, 0.3) is 16.8 Å². The van der Waals surface area contributed by atoms with Crippen molar-refractivity contribution in [3.05, 3.63) is 72.6 Å². The molecule has 0 unspecified atom stereocenters. The lowest BCUT2D eigenvalue weighted by Gasteiger charge is -2.28. The summed E-state index contributed by atoms with van der Waals surface area (Å²) in [5, 5.41) is 7.89. The van der Waals surface area contributed by atoms with Crippen LogP contribution >= 0.6 is 0 Å². The summed E-state index contributed by atoms with van der Waals surface area (Å²) in [4.78, 5) is 16.1. The van der Waals surface area contributed by atoms with Gasteiger partial charge in [0.2, 0.25) is 0 Å². The molecule has 0 spiro atoms. The van der Waals surface area contributed by atoms with Crippen molar-refractivity contribution in [2.45, 2.75) is 40.5 Å². The van der Waals surface area contributed by atoms with Gasteiger partial charge >= 0.3 is 0 Å². The largest absolute Gasteiger partial charge is 0.372 e. The molecule has 0 saturated carbocycles. The SMILES string of the molecule is C.CC=O.Cc1cccc(-c2cnn3ccc(Nc4ccc(N5CCCCC5)cc4)nc23)c1.[HH]. The van der Waals surface area contributed by atoms with E-state index < -0.39 is 0 Å². The average Bonchev–Trinajstić information content (AvgIpc) is 3.24. The molecule has 1 saturated heterocycles. The summed E-state index contributed by atoms with van der Waals surface area (Å²) >= 11 is 0. The molecular weight excluding hydrogens is 410 g/mol. The van der Waals surface area contributed by atoms with E-state index in [9.17, 15) is 0 Å². The first-order valence-corrected chi connectivity index (χ1v) is 11.1. The van der Waals surface area contributed by atoms with Crippen LogP contribution in [0, 0.1) is 6.92 Å². The summed E-state index contributed by atoms with van der Waals surface area (Å²) in [7, 11) is 0. The molecule has 0 amide bonds. The first-order chi connectivity index (χ1) is 15.7. The highest BCUT2D eigenvalue weighted by atomic mass is 16.1. The van der Waals surface area contributed by atoms with Gasteiger partial charge in [0, 0.05) is 37.7 Å². The van der Waals surface area contributed by atoms with Crippen molar-refractivity contribution in [3.8, 4) is 11.1 Å². The van der Waals surface area contributed by atoms with Crippen LogP contribution in [0.2, 0.25) is 0 Å². The van der Waals surface area contributed by atoms with Crippen LogP contribution in [-0.4, -0.2) is 34.0 Å². The molecule has 0 radical (unpaired) electrons. The zero-order chi connectivity index (χ0) is 22.3. The third-order valence-corrected chi connectivity index (χ3v) is 5.56. The summed E-state index contributed by atoms with van der Waals surface area (Å²) in [5.74, 6) is 0.817. The number of nitrogens with one attached hydrogen (secondary N) is 1. The Kier molecular flexibility index (Phi) is 8.19. The summed E-state index contributed by atoms with van der Waals surface area (Å²) in [6, 6.07) is 19.1. The van der Waals surface area contributed by atoms with Gasteiger partial charge in [-0.05, 0) is 69.0 Å². The second-order valence-electron chi connectivity index (χ2n) is 7.96. The zero-order valence-corrected chi connectivity index (χ0v) is 18.7. The van der Waals surface area contributed by atoms with Crippen LogP contribution in [-0.2, 0) is 4.79 Å². The Balaban J connectivity index is 0.000000778. The smallest absolute Gasteiger partial charge is 0.165 e. The van der Waals surface area contributed by atoms with Gasteiger partial charge in [-0.2, -0.15) is 5.10 Å². The molecule has 3 heterocycles. The summed E-state index contributed by atoms with van der Waals surface area (Å²) in [6.45, 7) is 5.87. The number of carbonyl (C=O) groups excluding carboxylic acids is 1. The highest BCUT2D eigenvalue weighted by molar-refractivity contribution is 5.78. The Morgan fingerprint density at radius 1 is 1.03 bits per heavy atom. The fourth-order valence-corrected chi connectivity index (χ4v) is 4.01. The van der Waals surface area contributed by atoms with E-state index in [1.165, 1.54) is 37.4 Å². The number of anilines is 3. The normalized spacial score (nSPS) is 13.0. The number of piperidine rings is 1. The molecule has 5 rings (SSSR count). The Hall–Kier alpha value is -3.67. The Morgan fingerprint density at radius 3 is 2.45 bits per heavy atom. The lowest BCUT2D eigenvalue weighted by atomic mass is 10.1. The standard InChI is InChI=1S/C24H25N5.C2H4O.CH4.H2/c1-18-6-5-7-19(16-18)22-17-25-29-15-12-23(27-24(22)29)26-20-8-10-21(11-9-20)28-13-3-2-4-14-28;1-2-3;;/h5-12,15-17H,2-4,13-14H2,1H3,(H,26,27);2H,1H3;1H4;1H. The number of fused-ring (bicyclic) bond motifs is 1. The third-order valence-electron chi connectivity index (χ3n) is 5.56. The molecule has 6 nitrogen and oxygen atoms in total. The van der Waals surface area contributed by atoms with Gasteiger partial charge in [0.1, 0.15) is 12.1 Å². The highest BCUT2D eigenvalue weighted by Crippen LogP contribution is 2.27. The van der Waals surface area contributed by atoms with Crippen molar-refractivity contribution in [2.75, 3.05) is 23.3 Å². The van der Waals surface area contributed by atoms with Gasteiger partial charge in [0.15, 0.2) is 5.65 Å². The molecular formula is C27H35N5O. The van der Waals surface area contributed by atoms with E-state index in [2.05, 4.69) is 70.8 Å². The van der Waals surface area contributed by atoms with Gasteiger partial charge in [-0.3, -0.25) is 0 Å². The van der Waals surface area contributed by atoms with Crippen LogP contribution in [0.3, 0.4) is 0 Å². The van der Waals surface area contributed by atoms with Crippen LogP contribution in [0.5, 0.6) is 0 Å². The molecule has 33 heavy (non-hydrogen) atoms. The highest BCUT2D eigenvalue weighted by Gasteiger charge is 2.12. The minimum atomic E-state index is 0. The molecule has 1 N–H and O–H groups in total. The van der Waals surface area contributed by atoms with E-state index in [0.717, 1.165) is 47.7 Å². The Morgan fingerprint density at radius 2 is 1.76 bits per heavy atom. The number of aldehydes is 1. The lowest BCUT2D eigenvalue weighted by Crippen LogP contribution is -2.29. The van der Waals surface area contributed by atoms with Crippen LogP contribution in [0.4, 0.5) is 17.2 Å². The number of rotatable bonds is 4. The van der Waals surface area contributed by atoms with Crippen molar-refractivity contribution < 1.29 is 6.22 Å². The lowest BCUT2D eigenvalue weighted by molar-refractivity contribution is -0.106. The predicted octanol–water partition coefficient (Wildman–Crippen LogP) is 6.53. The minimum absolute atomic E-state index is 0. The molecule has 2 aromatic carbocycles. The van der Waals surface area contributed by atoms with E-state index in [1.54, 1.807) is 0 Å². The number of aryl methyl sites for hydroxylation is 1. The van der Waals surface area contributed by atoms with Gasteiger partial charge in [-0.1, -0.05) is 37.3 Å². The summed E-state index contributed by atoms with van der Waals surface area (Å²) < 4.78 is 1.82. The van der Waals surface area contributed by atoms with E-state index in [-0.39, 0.29) is 8.85 Å². The molecule has 1 aliphatic rings. The van der Waals surface area contributed by atoms with Crippen molar-refractivity contribution in [2.24, 2.45) is 0 Å². The number of aromatic nitrogens is 3. The molecule has 4 aromatic rings.